The van der Waals surface area contributed by atoms with Gasteiger partial charge >= 0.3 is 5.97 Å². The maximum Gasteiger partial charge on any atom is 0.338 e. The van der Waals surface area contributed by atoms with Crippen molar-refractivity contribution >= 4 is 42.9 Å². The number of ether oxygens (including phenoxy) is 2. The summed E-state index contributed by atoms with van der Waals surface area (Å²) in [4.78, 5) is 16.3. The zero-order valence-corrected chi connectivity index (χ0v) is 22.6. The van der Waals surface area contributed by atoms with Crippen molar-refractivity contribution in [3.63, 3.8) is 0 Å². The van der Waals surface area contributed by atoms with Crippen molar-refractivity contribution in [3.8, 4) is 22.4 Å². The third-order valence-electron chi connectivity index (χ3n) is 5.51. The van der Waals surface area contributed by atoms with Crippen LogP contribution in [0.3, 0.4) is 0 Å². The second-order valence-corrected chi connectivity index (χ2v) is 15.8. The van der Waals surface area contributed by atoms with Gasteiger partial charge in [0.1, 0.15) is 34.9 Å². The first kappa shape index (κ1) is 26.3. The molecule has 0 aliphatic rings. The molecule has 0 saturated heterocycles. The summed E-state index contributed by atoms with van der Waals surface area (Å²) in [5, 5.41) is 4.35. The van der Waals surface area contributed by atoms with E-state index >= 15 is 4.39 Å². The molecule has 0 aliphatic heterocycles. The molecule has 0 unspecified atom stereocenters. The van der Waals surface area contributed by atoms with Crippen LogP contribution >= 0.6 is 23.2 Å². The summed E-state index contributed by atoms with van der Waals surface area (Å²) < 4.78 is 43.0. The molecule has 190 valence electrons. The lowest BCUT2D eigenvalue weighted by atomic mass is 9.99. The summed E-state index contributed by atoms with van der Waals surface area (Å²) in [6.07, 6.45) is 3.08. The third kappa shape index (κ3) is 5.46. The second kappa shape index (κ2) is 10.3. The van der Waals surface area contributed by atoms with Gasteiger partial charge in [0.2, 0.25) is 0 Å². The molecule has 0 atom stereocenters. The van der Waals surface area contributed by atoms with Crippen LogP contribution in [0.2, 0.25) is 36.0 Å². The normalized spacial score (nSPS) is 11.9. The molecule has 0 N–H and O–H groups in total. The van der Waals surface area contributed by atoms with E-state index in [-0.39, 0.29) is 45.1 Å². The largest absolute Gasteiger partial charge is 0.465 e. The second-order valence-electron chi connectivity index (χ2n) is 9.42. The summed E-state index contributed by atoms with van der Waals surface area (Å²) in [5.74, 6) is -2.23. The molecular formula is C24H24Cl2F2N4O3Si. The monoisotopic (exact) mass is 552 g/mol. The van der Waals surface area contributed by atoms with Crippen LogP contribution in [0.4, 0.5) is 8.78 Å². The van der Waals surface area contributed by atoms with E-state index in [2.05, 4.69) is 29.7 Å². The first-order chi connectivity index (χ1) is 17.0. The van der Waals surface area contributed by atoms with Gasteiger partial charge in [0.15, 0.2) is 5.15 Å². The molecule has 0 radical (unpaired) electrons. The number of rotatable bonds is 8. The Morgan fingerprint density at radius 2 is 1.89 bits per heavy atom. The first-order valence-corrected chi connectivity index (χ1v) is 15.5. The lowest BCUT2D eigenvalue weighted by molar-refractivity contribution is 0.0600. The predicted molar refractivity (Wildman–Crippen MR) is 137 cm³/mol. The van der Waals surface area contributed by atoms with Crippen LogP contribution in [0.1, 0.15) is 10.4 Å². The molecular weight excluding hydrogens is 529 g/mol. The van der Waals surface area contributed by atoms with Crippen molar-refractivity contribution in [1.29, 1.82) is 0 Å². The molecule has 0 fully saturated rings. The van der Waals surface area contributed by atoms with Crippen LogP contribution in [0, 0.1) is 11.6 Å². The number of halogens is 4. The van der Waals surface area contributed by atoms with Crippen LogP contribution in [0.25, 0.3) is 28.0 Å². The van der Waals surface area contributed by atoms with Gasteiger partial charge in [-0.05, 0) is 24.2 Å². The van der Waals surface area contributed by atoms with E-state index in [1.54, 1.807) is 6.20 Å². The standard InChI is InChI=1S/C24H24Cl2F2N4O3Si/c1-34-24(33)14-5-6-32-19(9-14)29-21(23(32)26)20-16(10-15(27)11-18(20)28)17-12-31(30-22(17)25)13-35-7-8-36(2,3)4/h5-6,9-12H,7-8,13H2,1-4H3. The van der Waals surface area contributed by atoms with Crippen molar-refractivity contribution in [2.45, 2.75) is 32.4 Å². The SMILES string of the molecule is COC(=O)c1ccn2c(Cl)c(-c3c(F)cc(F)cc3-c3cn(COCC[Si](C)(C)C)nc3Cl)nc2c1. The van der Waals surface area contributed by atoms with Crippen molar-refractivity contribution < 1.29 is 23.0 Å². The Morgan fingerprint density at radius 3 is 2.58 bits per heavy atom. The van der Waals surface area contributed by atoms with Crippen LogP contribution in [-0.2, 0) is 16.2 Å². The van der Waals surface area contributed by atoms with Crippen LogP contribution < -0.4 is 0 Å². The highest BCUT2D eigenvalue weighted by atomic mass is 35.5. The fourth-order valence-electron chi connectivity index (χ4n) is 3.63. The number of carbonyl (C=O) groups is 1. The summed E-state index contributed by atoms with van der Waals surface area (Å²) >= 11 is 12.9. The molecule has 0 saturated carbocycles. The van der Waals surface area contributed by atoms with Crippen LogP contribution in [-0.4, -0.2) is 46.9 Å². The predicted octanol–water partition coefficient (Wildman–Crippen LogP) is 6.55. The van der Waals surface area contributed by atoms with E-state index in [9.17, 15) is 9.18 Å². The van der Waals surface area contributed by atoms with Crippen molar-refractivity contribution in [1.82, 2.24) is 19.2 Å². The highest BCUT2D eigenvalue weighted by molar-refractivity contribution is 6.76. The highest BCUT2D eigenvalue weighted by Gasteiger charge is 2.24. The fraction of sp³-hybridized carbons (Fsp3) is 0.292. The van der Waals surface area contributed by atoms with Crippen molar-refractivity contribution in [3.05, 3.63) is 64.2 Å². The quantitative estimate of drug-likeness (QED) is 0.141. The van der Waals surface area contributed by atoms with Gasteiger partial charge in [-0.1, -0.05) is 42.8 Å². The number of esters is 1. The molecule has 3 aromatic heterocycles. The van der Waals surface area contributed by atoms with Gasteiger partial charge in [-0.15, -0.1) is 0 Å². The number of hydrogen-bond acceptors (Lipinski definition) is 5. The van der Waals surface area contributed by atoms with Gasteiger partial charge in [-0.3, -0.25) is 4.40 Å². The highest BCUT2D eigenvalue weighted by Crippen LogP contribution is 2.40. The molecule has 12 heteroatoms. The Bertz CT molecular complexity index is 1450. The Morgan fingerprint density at radius 1 is 1.14 bits per heavy atom. The number of aromatic nitrogens is 4. The zero-order valence-electron chi connectivity index (χ0n) is 20.1. The van der Waals surface area contributed by atoms with E-state index in [4.69, 9.17) is 32.7 Å². The van der Waals surface area contributed by atoms with Gasteiger partial charge in [0.25, 0.3) is 0 Å². The lowest BCUT2D eigenvalue weighted by Crippen LogP contribution is -2.22. The molecule has 0 aliphatic carbocycles. The minimum atomic E-state index is -1.25. The van der Waals surface area contributed by atoms with Gasteiger partial charge in [0, 0.05) is 49.8 Å². The van der Waals surface area contributed by atoms with Gasteiger partial charge in [-0.25, -0.2) is 23.2 Å². The van der Waals surface area contributed by atoms with E-state index < -0.39 is 25.7 Å². The summed E-state index contributed by atoms with van der Waals surface area (Å²) in [7, 11) is 0.00745. The Balaban J connectivity index is 1.75. The van der Waals surface area contributed by atoms with Gasteiger partial charge in [-0.2, -0.15) is 5.10 Å². The van der Waals surface area contributed by atoms with Crippen LogP contribution in [0.15, 0.2) is 36.7 Å². The average Bonchev–Trinajstić information content (AvgIpc) is 3.34. The van der Waals surface area contributed by atoms with E-state index in [1.165, 1.54) is 34.5 Å². The minimum Gasteiger partial charge on any atom is -0.465 e. The lowest BCUT2D eigenvalue weighted by Gasteiger charge is -2.15. The Hall–Kier alpha value is -2.79. The number of methoxy groups -OCH3 is 1. The fourth-order valence-corrected chi connectivity index (χ4v) is 4.91. The number of benzene rings is 1. The van der Waals surface area contributed by atoms with E-state index in [1.807, 2.05) is 0 Å². The summed E-state index contributed by atoms with van der Waals surface area (Å²) in [6, 6.07) is 5.85. The topological polar surface area (TPSA) is 70.7 Å². The maximum atomic E-state index is 15.2. The average molecular weight is 553 g/mol. The Kier molecular flexibility index (Phi) is 7.51. The van der Waals surface area contributed by atoms with Gasteiger partial charge < -0.3 is 9.47 Å². The maximum absolute atomic E-state index is 15.2. The number of imidazole rings is 1. The molecule has 7 nitrogen and oxygen atoms in total. The smallest absolute Gasteiger partial charge is 0.338 e. The third-order valence-corrected chi connectivity index (χ3v) is 7.85. The molecule has 36 heavy (non-hydrogen) atoms. The summed E-state index contributed by atoms with van der Waals surface area (Å²) in [5.41, 5.74) is 0.959. The molecule has 0 bridgehead atoms. The number of hydrogen-bond donors (Lipinski definition) is 0. The molecule has 4 aromatic rings. The van der Waals surface area contributed by atoms with Crippen LogP contribution in [0.5, 0.6) is 0 Å². The van der Waals surface area contributed by atoms with Gasteiger partial charge in [0.05, 0.1) is 12.7 Å². The molecule has 4 rings (SSSR count). The molecule has 0 amide bonds. The van der Waals surface area contributed by atoms with E-state index in [0.717, 1.165) is 18.2 Å². The first-order valence-electron chi connectivity index (χ1n) is 11.0. The molecule has 0 spiro atoms. The zero-order chi connectivity index (χ0) is 26.2. The number of fused-ring (bicyclic) bond motifs is 1. The molecule has 1 aromatic carbocycles. The number of carbonyl (C=O) groups excluding carboxylic acids is 1. The van der Waals surface area contributed by atoms with E-state index in [0.29, 0.717) is 12.2 Å². The Labute approximate surface area is 217 Å². The van der Waals surface area contributed by atoms with Crippen molar-refractivity contribution in [2.75, 3.05) is 13.7 Å². The number of pyridine rings is 1. The minimum absolute atomic E-state index is 0.0444. The number of nitrogens with zero attached hydrogens (tertiary/aromatic N) is 4. The molecule has 3 heterocycles. The van der Waals surface area contributed by atoms with Crippen molar-refractivity contribution in [2.24, 2.45) is 0 Å². The summed E-state index contributed by atoms with van der Waals surface area (Å²) in [6.45, 7) is 7.47.